The number of aromatic nitrogens is 1. The summed E-state index contributed by atoms with van der Waals surface area (Å²) in [6.45, 7) is 4.07. The zero-order chi connectivity index (χ0) is 14.2. The van der Waals surface area contributed by atoms with Gasteiger partial charge in [0, 0.05) is 43.9 Å². The Morgan fingerprint density at radius 3 is 2.67 bits per heavy atom. The van der Waals surface area contributed by atoms with Gasteiger partial charge in [-0.05, 0) is 24.0 Å². The van der Waals surface area contributed by atoms with E-state index in [1.165, 1.54) is 17.7 Å². The number of rotatable bonds is 2. The maximum Gasteiger partial charge on any atom is 0.250 e. The van der Waals surface area contributed by atoms with E-state index < -0.39 is 0 Å². The number of piperidine rings is 1. The molecule has 1 fully saturated rings. The van der Waals surface area contributed by atoms with Gasteiger partial charge in [0.1, 0.15) is 0 Å². The molecule has 1 saturated heterocycles. The van der Waals surface area contributed by atoms with Crippen molar-refractivity contribution in [1.82, 2.24) is 9.47 Å². The molecule has 0 saturated carbocycles. The fraction of sp³-hybridized carbons (Fsp3) is 0.389. The summed E-state index contributed by atoms with van der Waals surface area (Å²) in [7, 11) is 0. The van der Waals surface area contributed by atoms with Crippen LogP contribution in [0.3, 0.4) is 0 Å². The van der Waals surface area contributed by atoms with Crippen molar-refractivity contribution in [3.8, 4) is 0 Å². The highest BCUT2D eigenvalue weighted by Gasteiger charge is 2.34. The third-order valence-electron chi connectivity index (χ3n) is 4.80. The highest BCUT2D eigenvalue weighted by Crippen LogP contribution is 2.35. The van der Waals surface area contributed by atoms with Crippen LogP contribution < -0.4 is 5.56 Å². The van der Waals surface area contributed by atoms with Crippen LogP contribution in [-0.2, 0) is 13.1 Å². The van der Waals surface area contributed by atoms with Gasteiger partial charge in [-0.25, -0.2) is 0 Å². The largest absolute Gasteiger partial charge is 0.312 e. The Balaban J connectivity index is 1.58. The second kappa shape index (κ2) is 5.15. The summed E-state index contributed by atoms with van der Waals surface area (Å²) in [6.07, 6.45) is 1.23. The molecule has 0 unspecified atom stereocenters. The molecule has 2 aliphatic rings. The highest BCUT2D eigenvalue weighted by atomic mass is 16.1. The summed E-state index contributed by atoms with van der Waals surface area (Å²) in [5.74, 6) is 1.12. The second-order valence-electron chi connectivity index (χ2n) is 6.38. The Hall–Kier alpha value is -1.87. The van der Waals surface area contributed by atoms with Crippen molar-refractivity contribution in [2.45, 2.75) is 25.4 Å². The number of hydrogen-bond acceptors (Lipinski definition) is 2. The van der Waals surface area contributed by atoms with Gasteiger partial charge in [0.15, 0.2) is 0 Å². The van der Waals surface area contributed by atoms with Gasteiger partial charge < -0.3 is 4.57 Å². The first-order valence-corrected chi connectivity index (χ1v) is 7.75. The lowest BCUT2D eigenvalue weighted by Crippen LogP contribution is -2.46. The average Bonchev–Trinajstić information content (AvgIpc) is 2.49. The minimum absolute atomic E-state index is 0.165. The lowest BCUT2D eigenvalue weighted by Gasteiger charge is -2.42. The van der Waals surface area contributed by atoms with Gasteiger partial charge >= 0.3 is 0 Å². The number of likely N-dealkylation sites (tertiary alicyclic amines) is 1. The van der Waals surface area contributed by atoms with Crippen LogP contribution >= 0.6 is 0 Å². The third kappa shape index (κ3) is 2.42. The second-order valence-corrected chi connectivity index (χ2v) is 6.38. The van der Waals surface area contributed by atoms with E-state index in [0.29, 0.717) is 11.8 Å². The fourth-order valence-corrected chi connectivity index (χ4v) is 3.97. The molecule has 4 rings (SSSR count). The maximum atomic E-state index is 12.0. The lowest BCUT2D eigenvalue weighted by atomic mass is 9.83. The van der Waals surface area contributed by atoms with Crippen LogP contribution in [0.5, 0.6) is 0 Å². The Kier molecular flexibility index (Phi) is 3.15. The summed E-state index contributed by atoms with van der Waals surface area (Å²) in [5.41, 5.74) is 2.78. The van der Waals surface area contributed by atoms with Crippen LogP contribution in [0.1, 0.15) is 23.6 Å². The summed E-state index contributed by atoms with van der Waals surface area (Å²) < 4.78 is 2.00. The molecule has 3 heterocycles. The molecular formula is C18H20N2O. The number of pyridine rings is 1. The maximum absolute atomic E-state index is 12.0. The van der Waals surface area contributed by atoms with E-state index in [-0.39, 0.29) is 5.56 Å². The molecule has 1 aromatic carbocycles. The molecule has 21 heavy (non-hydrogen) atoms. The molecule has 3 heteroatoms. The Morgan fingerprint density at radius 2 is 1.81 bits per heavy atom. The van der Waals surface area contributed by atoms with Gasteiger partial charge in [-0.1, -0.05) is 36.4 Å². The predicted molar refractivity (Wildman–Crippen MR) is 83.3 cm³/mol. The number of hydrogen-bond donors (Lipinski definition) is 0. The third-order valence-corrected chi connectivity index (χ3v) is 4.80. The molecule has 0 amide bonds. The van der Waals surface area contributed by atoms with Gasteiger partial charge in [0.2, 0.25) is 0 Å². The monoisotopic (exact) mass is 280 g/mol. The standard InChI is InChI=1S/C18H20N2O/c21-18-8-4-7-17-16-9-15(12-20(17)18)11-19(13-16)10-14-5-2-1-3-6-14/h1-8,15-16H,9-13H2/t15-,16+/m0/s1. The molecule has 0 N–H and O–H groups in total. The lowest BCUT2D eigenvalue weighted by molar-refractivity contribution is 0.114. The SMILES string of the molecule is O=c1cccc2n1C[C@H]1C[C@@H]2CN(Cc2ccccc2)C1. The van der Waals surface area contributed by atoms with Crippen LogP contribution in [0.2, 0.25) is 0 Å². The van der Waals surface area contributed by atoms with Crippen molar-refractivity contribution in [1.29, 1.82) is 0 Å². The van der Waals surface area contributed by atoms with Gasteiger partial charge in [-0.15, -0.1) is 0 Å². The summed E-state index contributed by atoms with van der Waals surface area (Å²) in [5, 5.41) is 0. The van der Waals surface area contributed by atoms with Crippen molar-refractivity contribution in [2.24, 2.45) is 5.92 Å². The molecule has 0 radical (unpaired) electrons. The average molecular weight is 280 g/mol. The van der Waals surface area contributed by atoms with Crippen molar-refractivity contribution in [3.05, 3.63) is 70.1 Å². The Bertz CT molecular complexity index is 692. The first-order valence-electron chi connectivity index (χ1n) is 7.75. The minimum atomic E-state index is 0.165. The normalized spacial score (nSPS) is 24.6. The molecule has 2 aliphatic heterocycles. The van der Waals surface area contributed by atoms with Gasteiger partial charge in [-0.3, -0.25) is 9.69 Å². The molecular weight excluding hydrogens is 260 g/mol. The van der Waals surface area contributed by atoms with Crippen LogP contribution in [0.15, 0.2) is 53.3 Å². The van der Waals surface area contributed by atoms with Crippen molar-refractivity contribution >= 4 is 0 Å². The van der Waals surface area contributed by atoms with E-state index in [1.807, 2.05) is 10.6 Å². The smallest absolute Gasteiger partial charge is 0.250 e. The van der Waals surface area contributed by atoms with Crippen LogP contribution in [0, 0.1) is 5.92 Å². The number of nitrogens with zero attached hydrogens (tertiary/aromatic N) is 2. The van der Waals surface area contributed by atoms with E-state index >= 15 is 0 Å². The molecule has 0 aliphatic carbocycles. The van der Waals surface area contributed by atoms with Gasteiger partial charge in [0.25, 0.3) is 5.56 Å². The van der Waals surface area contributed by atoms with Crippen LogP contribution in [0.4, 0.5) is 0 Å². The quantitative estimate of drug-likeness (QED) is 0.844. The van der Waals surface area contributed by atoms with E-state index in [2.05, 4.69) is 41.3 Å². The Morgan fingerprint density at radius 1 is 0.952 bits per heavy atom. The molecule has 108 valence electrons. The van der Waals surface area contributed by atoms with Crippen LogP contribution in [0.25, 0.3) is 0 Å². The molecule has 0 spiro atoms. The van der Waals surface area contributed by atoms with Crippen molar-refractivity contribution in [3.63, 3.8) is 0 Å². The molecule has 1 aromatic heterocycles. The fourth-order valence-electron chi connectivity index (χ4n) is 3.97. The zero-order valence-electron chi connectivity index (χ0n) is 12.1. The zero-order valence-corrected chi connectivity index (χ0v) is 12.1. The summed E-state index contributed by atoms with van der Waals surface area (Å²) in [6, 6.07) is 16.4. The predicted octanol–water partition coefficient (Wildman–Crippen LogP) is 2.47. The first kappa shape index (κ1) is 12.8. The number of fused-ring (bicyclic) bond motifs is 4. The topological polar surface area (TPSA) is 25.2 Å². The van der Waals surface area contributed by atoms with E-state index in [0.717, 1.165) is 26.2 Å². The van der Waals surface area contributed by atoms with E-state index in [9.17, 15) is 4.79 Å². The minimum Gasteiger partial charge on any atom is -0.312 e. The molecule has 2 atom stereocenters. The van der Waals surface area contributed by atoms with E-state index in [4.69, 9.17) is 0 Å². The molecule has 3 nitrogen and oxygen atoms in total. The molecule has 2 aromatic rings. The summed E-state index contributed by atoms with van der Waals surface area (Å²) >= 11 is 0. The van der Waals surface area contributed by atoms with E-state index in [1.54, 1.807) is 6.07 Å². The Labute approximate surface area is 124 Å². The van der Waals surface area contributed by atoms with Gasteiger partial charge in [-0.2, -0.15) is 0 Å². The molecule has 2 bridgehead atoms. The van der Waals surface area contributed by atoms with Crippen molar-refractivity contribution < 1.29 is 0 Å². The summed E-state index contributed by atoms with van der Waals surface area (Å²) in [4.78, 5) is 14.6. The highest BCUT2D eigenvalue weighted by molar-refractivity contribution is 5.18. The van der Waals surface area contributed by atoms with Crippen molar-refractivity contribution in [2.75, 3.05) is 13.1 Å². The first-order chi connectivity index (χ1) is 10.3. The van der Waals surface area contributed by atoms with Crippen LogP contribution in [-0.4, -0.2) is 22.6 Å². The van der Waals surface area contributed by atoms with Gasteiger partial charge in [0.05, 0.1) is 0 Å². The number of benzene rings is 1.